The summed E-state index contributed by atoms with van der Waals surface area (Å²) in [5, 5.41) is 4.80. The molecule has 2 amide bonds. The van der Waals surface area contributed by atoms with Crippen molar-refractivity contribution in [2.45, 2.75) is 13.0 Å². The number of nitrogens with zero attached hydrogens (tertiary/aromatic N) is 1. The van der Waals surface area contributed by atoms with Crippen molar-refractivity contribution in [1.29, 1.82) is 0 Å². The van der Waals surface area contributed by atoms with Crippen molar-refractivity contribution in [2.75, 3.05) is 25.6 Å². The van der Waals surface area contributed by atoms with Crippen LogP contribution in [-0.2, 0) is 22.5 Å². The molecule has 5 nitrogen and oxygen atoms in total. The van der Waals surface area contributed by atoms with Crippen LogP contribution in [0.1, 0.15) is 20.8 Å². The molecule has 0 radical (unpaired) electrons. The maximum Gasteiger partial charge on any atom is 0.256 e. The summed E-state index contributed by atoms with van der Waals surface area (Å²) in [7, 11) is 1.46. The minimum Gasteiger partial charge on any atom is -0.375 e. The Bertz CT molecular complexity index is 726. The van der Waals surface area contributed by atoms with Gasteiger partial charge in [-0.15, -0.1) is 11.3 Å². The molecule has 1 aromatic carbocycles. The van der Waals surface area contributed by atoms with Crippen LogP contribution in [0, 0.1) is 0 Å². The molecule has 1 aliphatic rings. The van der Waals surface area contributed by atoms with Gasteiger partial charge in [-0.3, -0.25) is 9.59 Å². The summed E-state index contributed by atoms with van der Waals surface area (Å²) in [4.78, 5) is 27.8. The molecule has 6 heteroatoms. The van der Waals surface area contributed by atoms with Gasteiger partial charge in [0.2, 0.25) is 5.91 Å². The number of benzene rings is 1. The fraction of sp³-hybridized carbons (Fsp3) is 0.294. The smallest absolute Gasteiger partial charge is 0.256 e. The van der Waals surface area contributed by atoms with E-state index in [1.54, 1.807) is 35.6 Å². The summed E-state index contributed by atoms with van der Waals surface area (Å²) in [5.74, 6) is -0.332. The molecule has 23 heavy (non-hydrogen) atoms. The summed E-state index contributed by atoms with van der Waals surface area (Å²) in [6.07, 6.45) is 0.886. The van der Waals surface area contributed by atoms with E-state index < -0.39 is 0 Å². The fourth-order valence-corrected chi connectivity index (χ4v) is 3.58. The highest BCUT2D eigenvalue weighted by Crippen LogP contribution is 2.26. The normalized spacial score (nSPS) is 13.5. The van der Waals surface area contributed by atoms with Crippen LogP contribution in [0.5, 0.6) is 0 Å². The Labute approximate surface area is 138 Å². The molecular formula is C17H18N2O3S. The highest BCUT2D eigenvalue weighted by Gasteiger charge is 2.24. The van der Waals surface area contributed by atoms with Crippen LogP contribution in [0.15, 0.2) is 35.7 Å². The summed E-state index contributed by atoms with van der Waals surface area (Å²) in [5.41, 5.74) is 2.25. The Morgan fingerprint density at radius 2 is 2.13 bits per heavy atom. The second-order valence-electron chi connectivity index (χ2n) is 5.37. The number of para-hydroxylation sites is 1. The first-order valence-electron chi connectivity index (χ1n) is 7.41. The third-order valence-corrected chi connectivity index (χ3v) is 4.82. The summed E-state index contributed by atoms with van der Waals surface area (Å²) < 4.78 is 4.82. The Morgan fingerprint density at radius 3 is 2.96 bits per heavy atom. The Balaban J connectivity index is 1.79. The quantitative estimate of drug-likeness (QED) is 0.937. The lowest BCUT2D eigenvalue weighted by Crippen LogP contribution is -2.36. The van der Waals surface area contributed by atoms with Crippen molar-refractivity contribution in [3.05, 3.63) is 51.7 Å². The summed E-state index contributed by atoms with van der Waals surface area (Å²) in [6, 6.07) is 9.16. The van der Waals surface area contributed by atoms with Gasteiger partial charge in [-0.2, -0.15) is 0 Å². The van der Waals surface area contributed by atoms with Crippen molar-refractivity contribution in [2.24, 2.45) is 0 Å². The predicted octanol–water partition coefficient (Wildman–Crippen LogP) is 2.53. The molecular weight excluding hydrogens is 312 g/mol. The van der Waals surface area contributed by atoms with E-state index in [2.05, 4.69) is 16.8 Å². The lowest BCUT2D eigenvalue weighted by molar-refractivity contribution is -0.119. The average Bonchev–Trinajstić information content (AvgIpc) is 3.02. The standard InChI is InChI=1S/C17H18N2O3S/c1-22-11-16(20)18-14-5-3-2-4-13(14)17(21)19-8-6-15-12(10-19)7-9-23-15/h2-5,7,9H,6,8,10-11H2,1H3,(H,18,20). The molecule has 0 saturated heterocycles. The minimum absolute atomic E-state index is 0.0372. The van der Waals surface area contributed by atoms with Gasteiger partial charge < -0.3 is 15.0 Å². The SMILES string of the molecule is COCC(=O)Nc1ccccc1C(=O)N1CCc2sccc2C1. The van der Waals surface area contributed by atoms with Gasteiger partial charge in [-0.05, 0) is 35.6 Å². The van der Waals surface area contributed by atoms with E-state index in [4.69, 9.17) is 4.74 Å². The molecule has 0 bridgehead atoms. The number of amides is 2. The third kappa shape index (κ3) is 3.43. The van der Waals surface area contributed by atoms with E-state index >= 15 is 0 Å². The molecule has 2 aromatic rings. The number of nitrogens with one attached hydrogen (secondary N) is 1. The van der Waals surface area contributed by atoms with Crippen molar-refractivity contribution in [3.63, 3.8) is 0 Å². The minimum atomic E-state index is -0.272. The molecule has 0 fully saturated rings. The van der Waals surface area contributed by atoms with Crippen LogP contribution < -0.4 is 5.32 Å². The number of methoxy groups -OCH3 is 1. The van der Waals surface area contributed by atoms with E-state index in [1.807, 2.05) is 4.90 Å². The molecule has 1 N–H and O–H groups in total. The van der Waals surface area contributed by atoms with E-state index in [1.165, 1.54) is 17.6 Å². The Hall–Kier alpha value is -2.18. The number of hydrogen-bond acceptors (Lipinski definition) is 4. The first-order valence-corrected chi connectivity index (χ1v) is 8.29. The second-order valence-corrected chi connectivity index (χ2v) is 6.37. The molecule has 0 spiro atoms. The summed E-state index contributed by atoms with van der Waals surface area (Å²) >= 11 is 1.74. The number of anilines is 1. The predicted molar refractivity (Wildman–Crippen MR) is 89.7 cm³/mol. The fourth-order valence-electron chi connectivity index (χ4n) is 2.69. The molecule has 0 aliphatic carbocycles. The number of ether oxygens (including phenoxy) is 1. The number of rotatable bonds is 4. The highest BCUT2D eigenvalue weighted by atomic mass is 32.1. The first kappa shape index (κ1) is 15.7. The van der Waals surface area contributed by atoms with Gasteiger partial charge in [0.25, 0.3) is 5.91 Å². The molecule has 1 aliphatic heterocycles. The molecule has 0 atom stereocenters. The highest BCUT2D eigenvalue weighted by molar-refractivity contribution is 7.10. The van der Waals surface area contributed by atoms with Gasteiger partial charge >= 0.3 is 0 Å². The topological polar surface area (TPSA) is 58.6 Å². The van der Waals surface area contributed by atoms with Crippen LogP contribution >= 0.6 is 11.3 Å². The molecule has 0 unspecified atom stereocenters. The molecule has 2 heterocycles. The average molecular weight is 330 g/mol. The van der Waals surface area contributed by atoms with Gasteiger partial charge in [0.15, 0.2) is 0 Å². The molecule has 120 valence electrons. The molecule has 1 aromatic heterocycles. The first-order chi connectivity index (χ1) is 11.2. The zero-order chi connectivity index (χ0) is 16.2. The van der Waals surface area contributed by atoms with E-state index in [0.29, 0.717) is 24.3 Å². The molecule has 0 saturated carbocycles. The Kier molecular flexibility index (Phi) is 4.73. The van der Waals surface area contributed by atoms with Crippen molar-refractivity contribution >= 4 is 28.8 Å². The lowest BCUT2D eigenvalue weighted by atomic mass is 10.1. The number of carbonyl (C=O) groups is 2. The van der Waals surface area contributed by atoms with E-state index in [9.17, 15) is 9.59 Å². The van der Waals surface area contributed by atoms with Gasteiger partial charge in [-0.25, -0.2) is 0 Å². The van der Waals surface area contributed by atoms with Gasteiger partial charge in [0, 0.05) is 25.1 Å². The monoisotopic (exact) mass is 330 g/mol. The largest absolute Gasteiger partial charge is 0.375 e. The van der Waals surface area contributed by atoms with Gasteiger partial charge in [0.1, 0.15) is 6.61 Å². The maximum atomic E-state index is 12.8. The van der Waals surface area contributed by atoms with Crippen molar-refractivity contribution < 1.29 is 14.3 Å². The number of fused-ring (bicyclic) bond motifs is 1. The molecule has 3 rings (SSSR count). The van der Waals surface area contributed by atoms with Crippen molar-refractivity contribution in [3.8, 4) is 0 Å². The zero-order valence-electron chi connectivity index (χ0n) is 12.9. The van der Waals surface area contributed by atoms with Gasteiger partial charge in [0.05, 0.1) is 11.3 Å². The van der Waals surface area contributed by atoms with Gasteiger partial charge in [-0.1, -0.05) is 12.1 Å². The van der Waals surface area contributed by atoms with E-state index in [0.717, 1.165) is 6.42 Å². The van der Waals surface area contributed by atoms with Crippen LogP contribution in [0.25, 0.3) is 0 Å². The lowest BCUT2D eigenvalue weighted by Gasteiger charge is -2.27. The second kappa shape index (κ2) is 6.93. The van der Waals surface area contributed by atoms with Crippen LogP contribution in [0.4, 0.5) is 5.69 Å². The number of hydrogen-bond donors (Lipinski definition) is 1. The summed E-state index contributed by atoms with van der Waals surface area (Å²) in [6.45, 7) is 1.29. The third-order valence-electron chi connectivity index (χ3n) is 3.80. The van der Waals surface area contributed by atoms with Crippen LogP contribution in [0.2, 0.25) is 0 Å². The van der Waals surface area contributed by atoms with Crippen LogP contribution in [0.3, 0.4) is 0 Å². The number of thiophene rings is 1. The van der Waals surface area contributed by atoms with Crippen molar-refractivity contribution in [1.82, 2.24) is 4.90 Å². The van der Waals surface area contributed by atoms with E-state index in [-0.39, 0.29) is 18.4 Å². The maximum absolute atomic E-state index is 12.8. The number of carbonyl (C=O) groups excluding carboxylic acids is 2. The zero-order valence-corrected chi connectivity index (χ0v) is 13.7. The van der Waals surface area contributed by atoms with Crippen LogP contribution in [-0.4, -0.2) is 37.0 Å². The Morgan fingerprint density at radius 1 is 1.30 bits per heavy atom.